The smallest absolute Gasteiger partial charge is 0.337 e. The molecule has 1 heterocycles. The van der Waals surface area contributed by atoms with Gasteiger partial charge in [0.2, 0.25) is 0 Å². The molecule has 0 atom stereocenters. The highest BCUT2D eigenvalue weighted by Crippen LogP contribution is 2.06. The van der Waals surface area contributed by atoms with Crippen LogP contribution in [-0.4, -0.2) is 18.1 Å². The maximum Gasteiger partial charge on any atom is 0.337 e. The van der Waals surface area contributed by atoms with Gasteiger partial charge in [0.1, 0.15) is 24.5 Å². The molecule has 1 N–H and O–H groups in total. The molecule has 0 fully saturated rings. The van der Waals surface area contributed by atoms with Crippen molar-refractivity contribution < 1.29 is 26.5 Å². The van der Waals surface area contributed by atoms with Crippen LogP contribution in [0.4, 0.5) is 0 Å². The first-order chi connectivity index (χ1) is 8.76. The van der Waals surface area contributed by atoms with Crippen LogP contribution in [0.3, 0.4) is 0 Å². The normalized spacial score (nSPS) is 9.26. The predicted octanol–water partition coefficient (Wildman–Crippen LogP) is -1.85. The van der Waals surface area contributed by atoms with Gasteiger partial charge in [-0.15, -0.1) is 0 Å². The lowest BCUT2D eigenvalue weighted by Crippen LogP contribution is -3.00. The molecule has 0 aliphatic rings. The molecule has 0 saturated carbocycles. The number of benzene rings is 1. The summed E-state index contributed by atoms with van der Waals surface area (Å²) in [7, 11) is 1.35. The van der Waals surface area contributed by atoms with Crippen molar-refractivity contribution in [2.75, 3.05) is 7.11 Å². The van der Waals surface area contributed by atoms with E-state index in [-0.39, 0.29) is 18.4 Å². The molecule has 0 radical (unpaired) electrons. The highest BCUT2D eigenvalue weighted by molar-refractivity contribution is 5.89. The molecule has 5 nitrogen and oxygen atoms in total. The summed E-state index contributed by atoms with van der Waals surface area (Å²) in [6.45, 7) is 0. The van der Waals surface area contributed by atoms with Crippen LogP contribution in [0.25, 0.3) is 5.69 Å². The molecule has 0 unspecified atom stereocenters. The van der Waals surface area contributed by atoms with E-state index in [2.05, 4.69) is 15.8 Å². The molecule has 19 heavy (non-hydrogen) atoms. The van der Waals surface area contributed by atoms with Crippen molar-refractivity contribution in [1.29, 1.82) is 5.26 Å². The summed E-state index contributed by atoms with van der Waals surface area (Å²) in [5.41, 5.74) is 1.38. The second-order valence-electron chi connectivity index (χ2n) is 3.65. The van der Waals surface area contributed by atoms with Gasteiger partial charge in [-0.3, -0.25) is 0 Å². The minimum Gasteiger partial charge on any atom is -1.00 e. The van der Waals surface area contributed by atoms with E-state index in [1.54, 1.807) is 30.5 Å². The van der Waals surface area contributed by atoms with E-state index >= 15 is 0 Å². The van der Waals surface area contributed by atoms with Crippen LogP contribution in [0, 0.1) is 11.3 Å². The minimum absolute atomic E-state index is 0. The van der Waals surface area contributed by atoms with Crippen LogP contribution in [0.1, 0.15) is 16.2 Å². The number of nitrogens with one attached hydrogen (secondary N) is 1. The zero-order valence-corrected chi connectivity index (χ0v) is 11.0. The molecule has 0 aliphatic heterocycles. The van der Waals surface area contributed by atoms with Gasteiger partial charge in [0.05, 0.1) is 18.7 Å². The Kier molecular flexibility index (Phi) is 5.10. The molecular formula is C13H12ClN3O2. The average Bonchev–Trinajstić information content (AvgIpc) is 2.87. The molecule has 0 aliphatic carbocycles. The quantitative estimate of drug-likeness (QED) is 0.529. The Morgan fingerprint density at radius 2 is 2.11 bits per heavy atom. The summed E-state index contributed by atoms with van der Waals surface area (Å²) < 4.78 is 6.50. The number of esters is 1. The van der Waals surface area contributed by atoms with E-state index in [1.165, 1.54) is 7.11 Å². The Hall–Kier alpha value is -2.32. The molecule has 0 spiro atoms. The van der Waals surface area contributed by atoms with Crippen molar-refractivity contribution in [2.24, 2.45) is 0 Å². The third-order valence-corrected chi connectivity index (χ3v) is 2.58. The molecule has 98 valence electrons. The number of methoxy groups -OCH3 is 1. The summed E-state index contributed by atoms with van der Waals surface area (Å²) in [6.07, 6.45) is 3.90. The number of H-pyrrole nitrogens is 1. The molecule has 6 heteroatoms. The van der Waals surface area contributed by atoms with Gasteiger partial charge < -0.3 is 17.1 Å². The number of ether oxygens (including phenoxy) is 1. The third kappa shape index (κ3) is 3.12. The maximum absolute atomic E-state index is 11.3. The Bertz CT molecular complexity index is 599. The highest BCUT2D eigenvalue weighted by atomic mass is 35.5. The standard InChI is InChI=1S/C13H11N3O2.ClH/c1-18-13(17)10-2-4-11(5-3-10)16-9-8-15-12(16)6-7-14;/h2-5,8-9H,6H2,1H3;1H. The van der Waals surface area contributed by atoms with Gasteiger partial charge in [0.25, 0.3) is 5.82 Å². The number of carbonyl (C=O) groups excluding carboxylic acids is 1. The number of nitriles is 1. The number of imidazole rings is 1. The molecule has 2 aromatic rings. The number of aromatic nitrogens is 2. The van der Waals surface area contributed by atoms with E-state index in [0.717, 1.165) is 11.5 Å². The molecule has 1 aromatic heterocycles. The number of aromatic amines is 1. The number of rotatable bonds is 3. The number of halogens is 1. The van der Waals surface area contributed by atoms with Crippen LogP contribution >= 0.6 is 0 Å². The van der Waals surface area contributed by atoms with Crippen LogP contribution in [0.15, 0.2) is 36.7 Å². The minimum atomic E-state index is -0.363. The zero-order valence-electron chi connectivity index (χ0n) is 10.3. The van der Waals surface area contributed by atoms with Crippen molar-refractivity contribution in [2.45, 2.75) is 6.42 Å². The highest BCUT2D eigenvalue weighted by Gasteiger charge is 2.13. The fourth-order valence-corrected chi connectivity index (χ4v) is 1.70. The summed E-state index contributed by atoms with van der Waals surface area (Å²) in [6, 6.07) is 9.09. The van der Waals surface area contributed by atoms with Crippen LogP contribution in [0.2, 0.25) is 0 Å². The average molecular weight is 278 g/mol. The molecule has 0 saturated heterocycles. The summed E-state index contributed by atoms with van der Waals surface area (Å²) >= 11 is 0. The van der Waals surface area contributed by atoms with E-state index in [0.29, 0.717) is 12.0 Å². The number of nitrogens with zero attached hydrogens (tertiary/aromatic N) is 2. The van der Waals surface area contributed by atoms with Gasteiger partial charge in [-0.2, -0.15) is 9.83 Å². The van der Waals surface area contributed by atoms with Crippen molar-refractivity contribution in [3.8, 4) is 11.8 Å². The number of hydrogen-bond acceptors (Lipinski definition) is 3. The zero-order chi connectivity index (χ0) is 13.0. The lowest BCUT2D eigenvalue weighted by molar-refractivity contribution is -0.602. The predicted molar refractivity (Wildman–Crippen MR) is 63.0 cm³/mol. The maximum atomic E-state index is 11.3. The Morgan fingerprint density at radius 3 is 2.68 bits per heavy atom. The van der Waals surface area contributed by atoms with Crippen molar-refractivity contribution in [1.82, 2.24) is 4.98 Å². The second kappa shape index (κ2) is 6.57. The monoisotopic (exact) mass is 277 g/mol. The van der Waals surface area contributed by atoms with E-state index in [1.807, 2.05) is 10.8 Å². The first-order valence-electron chi connectivity index (χ1n) is 5.40. The fraction of sp³-hybridized carbons (Fsp3) is 0.154. The third-order valence-electron chi connectivity index (χ3n) is 2.58. The Labute approximate surface area is 116 Å². The van der Waals surface area contributed by atoms with Crippen molar-refractivity contribution >= 4 is 5.97 Å². The summed E-state index contributed by atoms with van der Waals surface area (Å²) in [4.78, 5) is 14.3. The second-order valence-corrected chi connectivity index (χ2v) is 3.65. The van der Waals surface area contributed by atoms with Gasteiger partial charge in [-0.1, -0.05) is 0 Å². The first kappa shape index (κ1) is 14.7. The van der Waals surface area contributed by atoms with E-state index < -0.39 is 0 Å². The van der Waals surface area contributed by atoms with Crippen LogP contribution in [-0.2, 0) is 11.2 Å². The molecule has 0 bridgehead atoms. The number of hydrogen-bond donors (Lipinski definition) is 1. The van der Waals surface area contributed by atoms with Gasteiger partial charge >= 0.3 is 5.97 Å². The van der Waals surface area contributed by atoms with Gasteiger partial charge in [0, 0.05) is 0 Å². The molecular weight excluding hydrogens is 266 g/mol. The first-order valence-corrected chi connectivity index (χ1v) is 5.40. The van der Waals surface area contributed by atoms with Crippen molar-refractivity contribution in [3.05, 3.63) is 48.0 Å². The van der Waals surface area contributed by atoms with E-state index in [4.69, 9.17) is 5.26 Å². The largest absolute Gasteiger partial charge is 1.00 e. The van der Waals surface area contributed by atoms with Gasteiger partial charge in [0.15, 0.2) is 0 Å². The summed E-state index contributed by atoms with van der Waals surface area (Å²) in [5, 5.41) is 8.71. The topological polar surface area (TPSA) is 69.8 Å². The van der Waals surface area contributed by atoms with Gasteiger partial charge in [-0.05, 0) is 24.3 Å². The Balaban J connectivity index is 0.00000180. The van der Waals surface area contributed by atoms with Gasteiger partial charge in [-0.25, -0.2) is 9.78 Å². The van der Waals surface area contributed by atoms with Crippen LogP contribution in [0.5, 0.6) is 0 Å². The van der Waals surface area contributed by atoms with Crippen molar-refractivity contribution in [3.63, 3.8) is 0 Å². The Morgan fingerprint density at radius 1 is 1.42 bits per heavy atom. The lowest BCUT2D eigenvalue weighted by atomic mass is 10.2. The fourth-order valence-electron chi connectivity index (χ4n) is 1.70. The molecule has 1 aromatic carbocycles. The number of carbonyl (C=O) groups is 1. The van der Waals surface area contributed by atoms with Crippen LogP contribution < -0.4 is 17.0 Å². The van der Waals surface area contributed by atoms with E-state index in [9.17, 15) is 4.79 Å². The molecule has 0 amide bonds. The SMILES string of the molecule is COC(=O)c1ccc(-[n+]2cc[nH]c2CC#N)cc1.[Cl-]. The summed E-state index contributed by atoms with van der Waals surface area (Å²) in [5.74, 6) is 0.432. The molecule has 2 rings (SSSR count). The lowest BCUT2D eigenvalue weighted by Gasteiger charge is -2.01.